The molecule has 1 heterocycles. The van der Waals surface area contributed by atoms with Gasteiger partial charge in [0.1, 0.15) is 22.5 Å². The average molecular weight is 278 g/mol. The molecule has 100 valence electrons. The molecule has 0 saturated carbocycles. The fourth-order valence-electron chi connectivity index (χ4n) is 1.56. The molecular weight excluding hydrogens is 263 g/mol. The molecule has 0 aliphatic rings. The lowest BCUT2D eigenvalue weighted by Gasteiger charge is -2.07. The summed E-state index contributed by atoms with van der Waals surface area (Å²) in [5.41, 5.74) is 2.54. The van der Waals surface area contributed by atoms with Gasteiger partial charge in [0.2, 0.25) is 0 Å². The second-order valence-corrected chi connectivity index (χ2v) is 5.05. The summed E-state index contributed by atoms with van der Waals surface area (Å²) >= 11 is 1.45. The predicted molar refractivity (Wildman–Crippen MR) is 74.4 cm³/mol. The van der Waals surface area contributed by atoms with E-state index in [1.165, 1.54) is 23.9 Å². The van der Waals surface area contributed by atoms with E-state index in [9.17, 15) is 4.39 Å². The molecule has 0 saturated heterocycles. The molecule has 0 amide bonds. The monoisotopic (exact) mass is 278 g/mol. The maximum atomic E-state index is 12.8. The molecule has 0 atom stereocenters. The number of nitrogen functional groups attached to an aromatic ring is 1. The van der Waals surface area contributed by atoms with Crippen molar-refractivity contribution in [1.29, 1.82) is 0 Å². The summed E-state index contributed by atoms with van der Waals surface area (Å²) in [6.07, 6.45) is 1.77. The maximum absolute atomic E-state index is 12.8. The van der Waals surface area contributed by atoms with Crippen molar-refractivity contribution in [2.45, 2.75) is 29.7 Å². The van der Waals surface area contributed by atoms with Crippen LogP contribution >= 0.6 is 11.8 Å². The van der Waals surface area contributed by atoms with E-state index in [0.717, 1.165) is 28.6 Å². The quantitative estimate of drug-likeness (QED) is 0.500. The molecule has 6 heteroatoms. The van der Waals surface area contributed by atoms with E-state index >= 15 is 0 Å². The first-order valence-electron chi connectivity index (χ1n) is 5.99. The number of nitrogens with two attached hydrogens (primary N) is 1. The second kappa shape index (κ2) is 6.49. The van der Waals surface area contributed by atoms with Crippen LogP contribution in [0.2, 0.25) is 0 Å². The summed E-state index contributed by atoms with van der Waals surface area (Å²) in [5, 5.41) is 0.790. The number of hydrogen-bond acceptors (Lipinski definition) is 5. The summed E-state index contributed by atoms with van der Waals surface area (Å²) in [5.74, 6) is 6.49. The number of aryl methyl sites for hydroxylation is 1. The molecule has 2 aromatic rings. The van der Waals surface area contributed by atoms with Crippen molar-refractivity contribution in [2.75, 3.05) is 5.43 Å². The van der Waals surface area contributed by atoms with Crippen LogP contribution in [0.25, 0.3) is 0 Å². The molecule has 4 nitrogen and oxygen atoms in total. The van der Waals surface area contributed by atoms with Crippen molar-refractivity contribution in [3.05, 3.63) is 42.0 Å². The number of hydrazine groups is 1. The lowest BCUT2D eigenvalue weighted by molar-refractivity contribution is 0.626. The molecule has 2 rings (SSSR count). The summed E-state index contributed by atoms with van der Waals surface area (Å²) in [4.78, 5) is 9.65. The second-order valence-electron chi connectivity index (χ2n) is 3.96. The van der Waals surface area contributed by atoms with Crippen molar-refractivity contribution in [3.8, 4) is 0 Å². The van der Waals surface area contributed by atoms with Crippen LogP contribution in [-0.4, -0.2) is 9.97 Å². The average Bonchev–Trinajstić information content (AvgIpc) is 2.41. The zero-order chi connectivity index (χ0) is 13.7. The van der Waals surface area contributed by atoms with E-state index in [-0.39, 0.29) is 5.82 Å². The van der Waals surface area contributed by atoms with Gasteiger partial charge in [-0.2, -0.15) is 0 Å². The highest BCUT2D eigenvalue weighted by Gasteiger charge is 2.05. The van der Waals surface area contributed by atoms with Gasteiger partial charge in [0.05, 0.1) is 0 Å². The summed E-state index contributed by atoms with van der Waals surface area (Å²) in [6, 6.07) is 8.07. The standard InChI is InChI=1S/C13H15FN4S/c1-2-3-11-16-12(18-15)8-13(17-11)19-10-6-4-9(14)5-7-10/h4-8H,2-3,15H2,1H3,(H,16,17,18). The van der Waals surface area contributed by atoms with E-state index in [0.29, 0.717) is 5.82 Å². The SMILES string of the molecule is CCCc1nc(NN)cc(Sc2ccc(F)cc2)n1. The van der Waals surface area contributed by atoms with Crippen LogP contribution in [-0.2, 0) is 6.42 Å². The highest BCUT2D eigenvalue weighted by Crippen LogP contribution is 2.27. The Labute approximate surface area is 115 Å². The van der Waals surface area contributed by atoms with E-state index in [4.69, 9.17) is 5.84 Å². The Morgan fingerprint density at radius 3 is 2.63 bits per heavy atom. The van der Waals surface area contributed by atoms with Crippen LogP contribution in [0.5, 0.6) is 0 Å². The molecular formula is C13H15FN4S. The molecule has 1 aromatic heterocycles. The maximum Gasteiger partial charge on any atom is 0.144 e. The third kappa shape index (κ3) is 3.90. The summed E-state index contributed by atoms with van der Waals surface area (Å²) < 4.78 is 12.8. The number of hydrogen-bond donors (Lipinski definition) is 2. The normalized spacial score (nSPS) is 10.5. The fraction of sp³-hybridized carbons (Fsp3) is 0.231. The molecule has 0 radical (unpaired) electrons. The summed E-state index contributed by atoms with van der Waals surface area (Å²) in [6.45, 7) is 2.07. The molecule has 1 aromatic carbocycles. The largest absolute Gasteiger partial charge is 0.308 e. The predicted octanol–water partition coefficient (Wildman–Crippen LogP) is 3.01. The first kappa shape index (κ1) is 13.8. The lowest BCUT2D eigenvalue weighted by Crippen LogP contribution is -2.10. The first-order valence-corrected chi connectivity index (χ1v) is 6.81. The molecule has 0 spiro atoms. The highest BCUT2D eigenvalue weighted by molar-refractivity contribution is 7.99. The van der Waals surface area contributed by atoms with Crippen molar-refractivity contribution < 1.29 is 4.39 Å². The van der Waals surface area contributed by atoms with Gasteiger partial charge < -0.3 is 5.43 Å². The minimum Gasteiger partial charge on any atom is -0.308 e. The number of anilines is 1. The third-order valence-electron chi connectivity index (χ3n) is 2.41. The van der Waals surface area contributed by atoms with Crippen LogP contribution in [0.15, 0.2) is 40.3 Å². The van der Waals surface area contributed by atoms with E-state index in [1.807, 2.05) is 0 Å². The Kier molecular flexibility index (Phi) is 4.70. The van der Waals surface area contributed by atoms with Gasteiger partial charge in [0.25, 0.3) is 0 Å². The van der Waals surface area contributed by atoms with Crippen LogP contribution in [0.1, 0.15) is 19.2 Å². The lowest BCUT2D eigenvalue weighted by atomic mass is 10.3. The number of nitrogens with zero attached hydrogens (tertiary/aromatic N) is 2. The van der Waals surface area contributed by atoms with Gasteiger partial charge in [0, 0.05) is 17.4 Å². The van der Waals surface area contributed by atoms with Gasteiger partial charge in [-0.1, -0.05) is 18.7 Å². The van der Waals surface area contributed by atoms with Gasteiger partial charge in [-0.05, 0) is 30.7 Å². The third-order valence-corrected chi connectivity index (χ3v) is 3.33. The molecule has 3 N–H and O–H groups in total. The number of benzene rings is 1. The number of halogens is 1. The highest BCUT2D eigenvalue weighted by atomic mass is 32.2. The Morgan fingerprint density at radius 1 is 1.26 bits per heavy atom. The van der Waals surface area contributed by atoms with E-state index in [2.05, 4.69) is 22.3 Å². The summed E-state index contributed by atoms with van der Waals surface area (Å²) in [7, 11) is 0. The molecule has 0 bridgehead atoms. The van der Waals surface area contributed by atoms with Crippen LogP contribution in [0.4, 0.5) is 10.2 Å². The zero-order valence-electron chi connectivity index (χ0n) is 10.6. The molecule has 19 heavy (non-hydrogen) atoms. The zero-order valence-corrected chi connectivity index (χ0v) is 11.4. The Morgan fingerprint density at radius 2 is 2.00 bits per heavy atom. The molecule has 0 aliphatic heterocycles. The number of aromatic nitrogens is 2. The smallest absolute Gasteiger partial charge is 0.144 e. The van der Waals surface area contributed by atoms with Crippen molar-refractivity contribution in [3.63, 3.8) is 0 Å². The van der Waals surface area contributed by atoms with Crippen LogP contribution in [0.3, 0.4) is 0 Å². The van der Waals surface area contributed by atoms with Gasteiger partial charge >= 0.3 is 0 Å². The minimum atomic E-state index is -0.247. The number of rotatable bonds is 5. The Balaban J connectivity index is 2.23. The van der Waals surface area contributed by atoms with Crippen LogP contribution < -0.4 is 11.3 Å². The fourth-order valence-corrected chi connectivity index (χ4v) is 2.39. The molecule has 0 aliphatic carbocycles. The molecule has 0 unspecified atom stereocenters. The topological polar surface area (TPSA) is 63.8 Å². The van der Waals surface area contributed by atoms with Crippen molar-refractivity contribution in [2.24, 2.45) is 5.84 Å². The van der Waals surface area contributed by atoms with E-state index < -0.39 is 0 Å². The first-order chi connectivity index (χ1) is 9.21. The Bertz CT molecular complexity index is 545. The van der Waals surface area contributed by atoms with Gasteiger partial charge in [-0.25, -0.2) is 20.2 Å². The molecule has 0 fully saturated rings. The van der Waals surface area contributed by atoms with Gasteiger partial charge in [0.15, 0.2) is 0 Å². The van der Waals surface area contributed by atoms with E-state index in [1.54, 1.807) is 18.2 Å². The van der Waals surface area contributed by atoms with Gasteiger partial charge in [-0.3, -0.25) is 0 Å². The van der Waals surface area contributed by atoms with Crippen molar-refractivity contribution in [1.82, 2.24) is 9.97 Å². The van der Waals surface area contributed by atoms with Gasteiger partial charge in [-0.15, -0.1) is 0 Å². The Hall–Kier alpha value is -1.66. The van der Waals surface area contributed by atoms with Crippen molar-refractivity contribution >= 4 is 17.6 Å². The minimum absolute atomic E-state index is 0.247. The number of nitrogens with one attached hydrogen (secondary N) is 1. The van der Waals surface area contributed by atoms with Crippen LogP contribution in [0, 0.1) is 5.82 Å².